The number of amides is 1. The lowest BCUT2D eigenvalue weighted by atomic mass is 10.2. The van der Waals surface area contributed by atoms with Gasteiger partial charge in [0.1, 0.15) is 5.69 Å². The summed E-state index contributed by atoms with van der Waals surface area (Å²) in [5.74, 6) is -0.0470. The summed E-state index contributed by atoms with van der Waals surface area (Å²) in [6.45, 7) is 11.8. The van der Waals surface area contributed by atoms with Gasteiger partial charge in [0, 0.05) is 52.0 Å². The smallest absolute Gasteiger partial charge is 0.268 e. The lowest BCUT2D eigenvalue weighted by Crippen LogP contribution is -2.47. The average molecular weight is 460 g/mol. The summed E-state index contributed by atoms with van der Waals surface area (Å²) in [4.78, 5) is 20.2. The fraction of sp³-hybridized carbons (Fsp3) is 0.696. The van der Waals surface area contributed by atoms with Crippen LogP contribution in [0.1, 0.15) is 55.9 Å². The van der Waals surface area contributed by atoms with E-state index in [0.717, 1.165) is 62.5 Å². The lowest BCUT2D eigenvalue weighted by Gasteiger charge is -2.34. The topological polar surface area (TPSA) is 69.5 Å². The minimum atomic E-state index is -0.0470. The molecular weight excluding hydrogens is 422 g/mol. The third kappa shape index (κ3) is 6.08. The molecule has 0 atom stereocenters. The van der Waals surface area contributed by atoms with Crippen molar-refractivity contribution in [2.75, 3.05) is 63.8 Å². The number of carbonyl (C=O) groups excluding carboxylic acids is 1. The molecule has 0 radical (unpaired) electrons. The molecule has 0 aliphatic carbocycles. The van der Waals surface area contributed by atoms with Crippen LogP contribution in [0.15, 0.2) is 18.3 Å². The van der Waals surface area contributed by atoms with Crippen molar-refractivity contribution in [3.8, 4) is 5.13 Å². The first-order valence-corrected chi connectivity index (χ1v) is 13.1. The molecule has 8 nitrogen and oxygen atoms in total. The second kappa shape index (κ2) is 11.8. The Morgan fingerprint density at radius 2 is 1.66 bits per heavy atom. The maximum absolute atomic E-state index is 12.8. The first kappa shape index (κ1) is 23.2. The Labute approximate surface area is 195 Å². The highest BCUT2D eigenvalue weighted by molar-refractivity contribution is 7.17. The number of piperazine rings is 1. The van der Waals surface area contributed by atoms with Gasteiger partial charge in [-0.05, 0) is 50.9 Å². The molecule has 2 aliphatic heterocycles. The predicted molar refractivity (Wildman–Crippen MR) is 130 cm³/mol. The highest BCUT2D eigenvalue weighted by atomic mass is 32.1. The molecule has 1 N–H and O–H groups in total. The van der Waals surface area contributed by atoms with E-state index < -0.39 is 0 Å². The molecule has 4 heterocycles. The number of nitrogens with zero attached hydrogens (tertiary/aromatic N) is 6. The van der Waals surface area contributed by atoms with Crippen LogP contribution in [0.5, 0.6) is 0 Å². The Hall–Kier alpha value is -1.97. The van der Waals surface area contributed by atoms with Gasteiger partial charge in [0.15, 0.2) is 0 Å². The second-order valence-corrected chi connectivity index (χ2v) is 9.76. The molecule has 2 aliphatic rings. The summed E-state index contributed by atoms with van der Waals surface area (Å²) in [6.07, 6.45) is 9.10. The van der Waals surface area contributed by atoms with Crippen LogP contribution in [0, 0.1) is 0 Å². The molecular formula is C23H37N7OS. The molecule has 0 unspecified atom stereocenters. The predicted octanol–water partition coefficient (Wildman–Crippen LogP) is 2.86. The highest BCUT2D eigenvalue weighted by Gasteiger charge is 2.19. The van der Waals surface area contributed by atoms with E-state index in [1.54, 1.807) is 11.3 Å². The van der Waals surface area contributed by atoms with E-state index in [-0.39, 0.29) is 5.91 Å². The van der Waals surface area contributed by atoms with Crippen LogP contribution in [0.4, 0.5) is 5.13 Å². The van der Waals surface area contributed by atoms with E-state index in [9.17, 15) is 4.79 Å². The minimum absolute atomic E-state index is 0.0470. The Balaban J connectivity index is 1.25. The van der Waals surface area contributed by atoms with E-state index in [4.69, 9.17) is 0 Å². The van der Waals surface area contributed by atoms with Gasteiger partial charge in [0.05, 0.1) is 0 Å². The van der Waals surface area contributed by atoms with Crippen LogP contribution in [-0.4, -0.2) is 89.4 Å². The van der Waals surface area contributed by atoms with Crippen molar-refractivity contribution in [2.45, 2.75) is 45.4 Å². The molecule has 2 aromatic rings. The number of anilines is 1. The number of carbonyl (C=O) groups is 1. The SMILES string of the molecule is CCCN1CCN(CCCNC(=O)c2cccn2-c2nnc(N3CCCCCC3)s2)CC1. The van der Waals surface area contributed by atoms with Crippen molar-refractivity contribution >= 4 is 22.4 Å². The fourth-order valence-corrected chi connectivity index (χ4v) is 5.47. The highest BCUT2D eigenvalue weighted by Crippen LogP contribution is 2.26. The van der Waals surface area contributed by atoms with Gasteiger partial charge in [0.2, 0.25) is 10.3 Å². The number of rotatable bonds is 9. The van der Waals surface area contributed by atoms with Crippen molar-refractivity contribution in [3.63, 3.8) is 0 Å². The van der Waals surface area contributed by atoms with Gasteiger partial charge in [-0.25, -0.2) is 0 Å². The molecule has 2 saturated heterocycles. The third-order valence-electron chi connectivity index (χ3n) is 6.41. The molecule has 2 fully saturated rings. The Morgan fingerprint density at radius 1 is 0.969 bits per heavy atom. The van der Waals surface area contributed by atoms with E-state index in [2.05, 4.69) is 37.1 Å². The van der Waals surface area contributed by atoms with E-state index >= 15 is 0 Å². The maximum Gasteiger partial charge on any atom is 0.268 e. The molecule has 4 rings (SSSR count). The van der Waals surface area contributed by atoms with Gasteiger partial charge in [0.25, 0.3) is 5.91 Å². The zero-order valence-electron chi connectivity index (χ0n) is 19.3. The molecule has 2 aromatic heterocycles. The normalized spacial score (nSPS) is 18.6. The van der Waals surface area contributed by atoms with Crippen molar-refractivity contribution in [3.05, 3.63) is 24.0 Å². The summed E-state index contributed by atoms with van der Waals surface area (Å²) in [5.41, 5.74) is 0.622. The summed E-state index contributed by atoms with van der Waals surface area (Å²) >= 11 is 1.56. The maximum atomic E-state index is 12.8. The lowest BCUT2D eigenvalue weighted by molar-refractivity contribution is 0.0941. The standard InChI is InChI=1S/C23H37N7OS/c1-2-11-27-16-18-28(19-17-27)12-8-10-24-21(31)20-9-7-15-30(20)23-26-25-22(32-23)29-13-5-3-4-6-14-29/h7,9,15H,2-6,8,10-14,16-19H2,1H3,(H,24,31). The van der Waals surface area contributed by atoms with Crippen LogP contribution in [0.25, 0.3) is 5.13 Å². The first-order chi connectivity index (χ1) is 15.7. The zero-order chi connectivity index (χ0) is 22.2. The third-order valence-corrected chi connectivity index (χ3v) is 7.39. The molecule has 0 spiro atoms. The molecule has 176 valence electrons. The Kier molecular flexibility index (Phi) is 8.53. The zero-order valence-corrected chi connectivity index (χ0v) is 20.2. The van der Waals surface area contributed by atoms with Crippen LogP contribution in [0.3, 0.4) is 0 Å². The molecule has 1 amide bonds. The van der Waals surface area contributed by atoms with Crippen molar-refractivity contribution in [1.29, 1.82) is 0 Å². The Morgan fingerprint density at radius 3 is 2.38 bits per heavy atom. The summed E-state index contributed by atoms with van der Waals surface area (Å²) < 4.78 is 1.86. The first-order valence-electron chi connectivity index (χ1n) is 12.2. The van der Waals surface area contributed by atoms with Crippen molar-refractivity contribution < 1.29 is 4.79 Å². The van der Waals surface area contributed by atoms with Gasteiger partial charge in [-0.15, -0.1) is 10.2 Å². The van der Waals surface area contributed by atoms with Gasteiger partial charge in [-0.2, -0.15) is 0 Å². The van der Waals surface area contributed by atoms with Crippen LogP contribution >= 0.6 is 11.3 Å². The van der Waals surface area contributed by atoms with E-state index in [1.165, 1.54) is 38.6 Å². The quantitative estimate of drug-likeness (QED) is 0.582. The van der Waals surface area contributed by atoms with Crippen LogP contribution in [0.2, 0.25) is 0 Å². The summed E-state index contributed by atoms with van der Waals surface area (Å²) in [5, 5.41) is 13.6. The number of nitrogens with one attached hydrogen (secondary N) is 1. The minimum Gasteiger partial charge on any atom is -0.351 e. The monoisotopic (exact) mass is 459 g/mol. The summed E-state index contributed by atoms with van der Waals surface area (Å²) in [7, 11) is 0. The Bertz CT molecular complexity index is 835. The molecule has 0 aromatic carbocycles. The summed E-state index contributed by atoms with van der Waals surface area (Å²) in [6, 6.07) is 3.76. The number of hydrogen-bond donors (Lipinski definition) is 1. The van der Waals surface area contributed by atoms with E-state index in [1.807, 2.05) is 22.9 Å². The fourth-order valence-electron chi connectivity index (χ4n) is 4.58. The van der Waals surface area contributed by atoms with E-state index in [0.29, 0.717) is 12.2 Å². The van der Waals surface area contributed by atoms with Crippen molar-refractivity contribution in [2.24, 2.45) is 0 Å². The molecule has 32 heavy (non-hydrogen) atoms. The number of aromatic nitrogens is 3. The second-order valence-electron chi connectivity index (χ2n) is 8.82. The van der Waals surface area contributed by atoms with Gasteiger partial charge < -0.3 is 20.0 Å². The molecule has 0 saturated carbocycles. The van der Waals surface area contributed by atoms with Crippen molar-refractivity contribution in [1.82, 2.24) is 29.9 Å². The number of hydrogen-bond acceptors (Lipinski definition) is 7. The van der Waals surface area contributed by atoms with Crippen LogP contribution < -0.4 is 10.2 Å². The van der Waals surface area contributed by atoms with Gasteiger partial charge in [-0.1, -0.05) is 31.1 Å². The molecule has 0 bridgehead atoms. The largest absolute Gasteiger partial charge is 0.351 e. The van der Waals surface area contributed by atoms with Gasteiger partial charge >= 0.3 is 0 Å². The average Bonchev–Trinajstić information content (AvgIpc) is 3.41. The van der Waals surface area contributed by atoms with Gasteiger partial charge in [-0.3, -0.25) is 9.36 Å². The molecule has 9 heteroatoms. The van der Waals surface area contributed by atoms with Crippen LogP contribution in [-0.2, 0) is 0 Å².